The summed E-state index contributed by atoms with van der Waals surface area (Å²) in [4.78, 5) is 17.4. The third-order valence-corrected chi connectivity index (χ3v) is 5.53. The summed E-state index contributed by atoms with van der Waals surface area (Å²) in [5, 5.41) is 3.40. The van der Waals surface area contributed by atoms with Crippen LogP contribution in [0.15, 0.2) is 48.5 Å². The lowest BCUT2D eigenvalue weighted by Crippen LogP contribution is -2.44. The Hall–Kier alpha value is -2.33. The monoisotopic (exact) mass is 365 g/mol. The molecule has 0 bridgehead atoms. The van der Waals surface area contributed by atoms with Gasteiger partial charge < -0.3 is 10.2 Å². The van der Waals surface area contributed by atoms with E-state index >= 15 is 0 Å². The summed E-state index contributed by atoms with van der Waals surface area (Å²) in [5.41, 5.74) is 4.63. The fourth-order valence-electron chi connectivity index (χ4n) is 3.84. The summed E-state index contributed by atoms with van der Waals surface area (Å²) >= 11 is 0. The number of amides is 1. The van der Waals surface area contributed by atoms with Crippen molar-refractivity contribution in [1.29, 1.82) is 0 Å². The van der Waals surface area contributed by atoms with Crippen LogP contribution in [0.4, 0.5) is 11.4 Å². The summed E-state index contributed by atoms with van der Waals surface area (Å²) in [6.07, 6.45) is 2.06. The average molecular weight is 366 g/mol. The fourth-order valence-corrected chi connectivity index (χ4v) is 3.84. The fraction of sp³-hybridized carbons (Fsp3) is 0.435. The van der Waals surface area contributed by atoms with Crippen LogP contribution in [0.2, 0.25) is 0 Å². The first-order chi connectivity index (χ1) is 13.1. The van der Waals surface area contributed by atoms with Crippen molar-refractivity contribution >= 4 is 17.3 Å². The Morgan fingerprint density at radius 1 is 1.11 bits per heavy atom. The quantitative estimate of drug-likeness (QED) is 0.794. The summed E-state index contributed by atoms with van der Waals surface area (Å²) in [6.45, 7) is 9.75. The molecular formula is C23H31N3O. The van der Waals surface area contributed by atoms with E-state index in [-0.39, 0.29) is 11.9 Å². The van der Waals surface area contributed by atoms with Gasteiger partial charge in [0.1, 0.15) is 0 Å². The second-order valence-corrected chi connectivity index (χ2v) is 7.25. The molecule has 1 heterocycles. The first-order valence-electron chi connectivity index (χ1n) is 10.1. The number of fused-ring (bicyclic) bond motifs is 1. The van der Waals surface area contributed by atoms with Gasteiger partial charge in [0.25, 0.3) is 0 Å². The van der Waals surface area contributed by atoms with E-state index < -0.39 is 0 Å². The molecule has 0 saturated carbocycles. The van der Waals surface area contributed by atoms with E-state index in [1.54, 1.807) is 0 Å². The van der Waals surface area contributed by atoms with Crippen molar-refractivity contribution in [3.63, 3.8) is 0 Å². The number of para-hydroxylation sites is 2. The third kappa shape index (κ3) is 4.51. The molecule has 1 N–H and O–H groups in total. The highest BCUT2D eigenvalue weighted by molar-refractivity contribution is 5.97. The molecule has 1 amide bonds. The predicted octanol–water partition coefficient (Wildman–Crippen LogP) is 4.31. The van der Waals surface area contributed by atoms with Gasteiger partial charge in [-0.25, -0.2) is 0 Å². The van der Waals surface area contributed by atoms with Crippen molar-refractivity contribution in [2.45, 2.75) is 46.2 Å². The molecular weight excluding hydrogens is 334 g/mol. The van der Waals surface area contributed by atoms with E-state index in [4.69, 9.17) is 0 Å². The molecule has 0 aliphatic carbocycles. The molecule has 1 unspecified atom stereocenters. The molecule has 1 aliphatic rings. The van der Waals surface area contributed by atoms with Crippen LogP contribution >= 0.6 is 0 Å². The molecule has 1 aliphatic heterocycles. The summed E-state index contributed by atoms with van der Waals surface area (Å²) in [5.74, 6) is 0.132. The van der Waals surface area contributed by atoms with Crippen LogP contribution in [0, 0.1) is 0 Å². The van der Waals surface area contributed by atoms with Crippen LogP contribution in [0.3, 0.4) is 0 Å². The Morgan fingerprint density at radius 3 is 2.59 bits per heavy atom. The zero-order valence-electron chi connectivity index (χ0n) is 16.7. The van der Waals surface area contributed by atoms with E-state index in [0.29, 0.717) is 6.54 Å². The van der Waals surface area contributed by atoms with Crippen molar-refractivity contribution in [2.24, 2.45) is 0 Å². The van der Waals surface area contributed by atoms with Crippen molar-refractivity contribution in [3.8, 4) is 0 Å². The van der Waals surface area contributed by atoms with Crippen LogP contribution in [0.1, 0.15) is 38.3 Å². The van der Waals surface area contributed by atoms with Gasteiger partial charge in [0.2, 0.25) is 5.91 Å². The number of aryl methyl sites for hydroxylation is 1. The molecule has 0 saturated heterocycles. The number of hydrogen-bond acceptors (Lipinski definition) is 3. The van der Waals surface area contributed by atoms with Gasteiger partial charge in [-0.1, -0.05) is 50.2 Å². The number of hydrogen-bond donors (Lipinski definition) is 1. The predicted molar refractivity (Wildman–Crippen MR) is 113 cm³/mol. The largest absolute Gasteiger partial charge is 0.376 e. The van der Waals surface area contributed by atoms with Gasteiger partial charge in [0.15, 0.2) is 0 Å². The van der Waals surface area contributed by atoms with E-state index in [9.17, 15) is 4.79 Å². The van der Waals surface area contributed by atoms with Gasteiger partial charge in [-0.3, -0.25) is 9.69 Å². The molecule has 1 atom stereocenters. The number of carbonyl (C=O) groups excluding carboxylic acids is 1. The van der Waals surface area contributed by atoms with Crippen molar-refractivity contribution < 1.29 is 4.79 Å². The highest BCUT2D eigenvalue weighted by Gasteiger charge is 2.27. The highest BCUT2D eigenvalue weighted by Crippen LogP contribution is 2.30. The first-order valence-corrected chi connectivity index (χ1v) is 10.1. The number of nitrogens with zero attached hydrogens (tertiary/aromatic N) is 2. The minimum Gasteiger partial charge on any atom is -0.376 e. The first kappa shape index (κ1) is 19.4. The van der Waals surface area contributed by atoms with E-state index in [1.165, 1.54) is 11.1 Å². The van der Waals surface area contributed by atoms with Gasteiger partial charge in [0, 0.05) is 24.0 Å². The normalized spacial score (nSPS) is 16.3. The lowest BCUT2D eigenvalue weighted by molar-refractivity contribution is -0.117. The third-order valence-electron chi connectivity index (χ3n) is 5.53. The summed E-state index contributed by atoms with van der Waals surface area (Å²) < 4.78 is 0. The average Bonchev–Trinajstić information content (AvgIpc) is 2.70. The molecule has 0 radical (unpaired) electrons. The second-order valence-electron chi connectivity index (χ2n) is 7.25. The number of benzene rings is 2. The van der Waals surface area contributed by atoms with Crippen LogP contribution in [-0.4, -0.2) is 36.5 Å². The Morgan fingerprint density at radius 2 is 1.81 bits per heavy atom. The van der Waals surface area contributed by atoms with Crippen molar-refractivity contribution in [1.82, 2.24) is 4.90 Å². The maximum Gasteiger partial charge on any atom is 0.246 e. The van der Waals surface area contributed by atoms with Crippen molar-refractivity contribution in [3.05, 3.63) is 59.7 Å². The number of carbonyl (C=O) groups is 1. The lowest BCUT2D eigenvalue weighted by Gasteiger charge is -2.35. The molecule has 4 heteroatoms. The highest BCUT2D eigenvalue weighted by atomic mass is 16.2. The van der Waals surface area contributed by atoms with Crippen LogP contribution < -0.4 is 10.2 Å². The Kier molecular flexibility index (Phi) is 6.51. The molecule has 4 nitrogen and oxygen atoms in total. The van der Waals surface area contributed by atoms with Crippen LogP contribution in [-0.2, 0) is 17.8 Å². The minimum absolute atomic E-state index is 0.132. The van der Waals surface area contributed by atoms with Crippen LogP contribution in [0.5, 0.6) is 0 Å². The van der Waals surface area contributed by atoms with Gasteiger partial charge in [-0.2, -0.15) is 0 Å². The van der Waals surface area contributed by atoms with Gasteiger partial charge >= 0.3 is 0 Å². The van der Waals surface area contributed by atoms with E-state index in [2.05, 4.69) is 67.4 Å². The Labute approximate surface area is 163 Å². The maximum absolute atomic E-state index is 13.0. The topological polar surface area (TPSA) is 35.6 Å². The zero-order chi connectivity index (χ0) is 19.2. The van der Waals surface area contributed by atoms with Gasteiger partial charge in [-0.05, 0) is 56.1 Å². The molecule has 3 rings (SSSR count). The summed E-state index contributed by atoms with van der Waals surface area (Å²) in [6, 6.07) is 16.8. The molecule has 0 fully saturated rings. The van der Waals surface area contributed by atoms with Gasteiger partial charge in [0.05, 0.1) is 6.54 Å². The number of rotatable bonds is 7. The van der Waals surface area contributed by atoms with Crippen LogP contribution in [0.25, 0.3) is 0 Å². The Balaban J connectivity index is 1.71. The zero-order valence-corrected chi connectivity index (χ0v) is 16.7. The molecule has 0 aromatic heterocycles. The molecule has 2 aromatic rings. The molecule has 27 heavy (non-hydrogen) atoms. The van der Waals surface area contributed by atoms with E-state index in [1.807, 2.05) is 17.0 Å². The molecule has 144 valence electrons. The maximum atomic E-state index is 13.0. The minimum atomic E-state index is 0.132. The lowest BCUT2D eigenvalue weighted by atomic mass is 9.96. The number of nitrogens with one attached hydrogen (secondary N) is 1. The standard InChI is InChI=1S/C23H31N3O/c1-4-25(5-2)17-20-11-6-8-12-21(20)24-16-23(27)26-18(3)14-15-19-10-7-9-13-22(19)26/h6-13,18,24H,4-5,14-17H2,1-3H3. The second kappa shape index (κ2) is 9.05. The van der Waals surface area contributed by atoms with E-state index in [0.717, 1.165) is 43.9 Å². The molecule has 2 aromatic carbocycles. The van der Waals surface area contributed by atoms with Gasteiger partial charge in [-0.15, -0.1) is 0 Å². The van der Waals surface area contributed by atoms with Crippen molar-refractivity contribution in [2.75, 3.05) is 29.9 Å². The molecule has 0 spiro atoms. The Bertz CT molecular complexity index is 770. The SMILES string of the molecule is CCN(CC)Cc1ccccc1NCC(=O)N1c2ccccc2CCC1C. The smallest absolute Gasteiger partial charge is 0.246 e. The summed E-state index contributed by atoms with van der Waals surface area (Å²) in [7, 11) is 0. The number of anilines is 2.